The van der Waals surface area contributed by atoms with Crippen molar-refractivity contribution in [1.29, 1.82) is 0 Å². The molecule has 2 rings (SSSR count). The van der Waals surface area contributed by atoms with Crippen LogP contribution in [0.4, 0.5) is 5.69 Å². The molecule has 1 aromatic heterocycles. The zero-order valence-corrected chi connectivity index (χ0v) is 11.4. The number of benzene rings is 1. The molecular formula is C14H16N2O4. The number of hydrogen-bond acceptors (Lipinski definition) is 4. The van der Waals surface area contributed by atoms with Gasteiger partial charge >= 0.3 is 5.97 Å². The van der Waals surface area contributed by atoms with E-state index in [9.17, 15) is 9.59 Å². The molecule has 20 heavy (non-hydrogen) atoms. The molecule has 0 unspecified atom stereocenters. The Hall–Kier alpha value is -2.34. The lowest BCUT2D eigenvalue weighted by molar-refractivity contribution is -0.135. The van der Waals surface area contributed by atoms with Crippen LogP contribution < -0.4 is 10.5 Å². The summed E-state index contributed by atoms with van der Waals surface area (Å²) in [6.45, 7) is 0.101. The molecule has 0 amide bonds. The van der Waals surface area contributed by atoms with Crippen molar-refractivity contribution < 1.29 is 14.6 Å². The number of fused-ring (bicyclic) bond motifs is 1. The highest BCUT2D eigenvalue weighted by molar-refractivity contribution is 5.84. The minimum absolute atomic E-state index is 0.0801. The first-order chi connectivity index (χ1) is 9.52. The van der Waals surface area contributed by atoms with E-state index in [0.717, 1.165) is 16.6 Å². The molecule has 1 heterocycles. The maximum atomic E-state index is 11.8. The summed E-state index contributed by atoms with van der Waals surface area (Å²) in [5.41, 5.74) is 1.40. The number of carboxylic acid groups (broad SMARTS) is 1. The summed E-state index contributed by atoms with van der Waals surface area (Å²) < 4.78 is 6.55. The van der Waals surface area contributed by atoms with Gasteiger partial charge in [0.05, 0.1) is 5.52 Å². The van der Waals surface area contributed by atoms with Gasteiger partial charge in [-0.05, 0) is 24.3 Å². The number of hydrogen-bond donors (Lipinski definition) is 1. The van der Waals surface area contributed by atoms with Crippen molar-refractivity contribution in [2.45, 2.75) is 6.73 Å². The summed E-state index contributed by atoms with van der Waals surface area (Å²) >= 11 is 0. The zero-order valence-electron chi connectivity index (χ0n) is 11.4. The maximum Gasteiger partial charge on any atom is 0.323 e. The highest BCUT2D eigenvalue weighted by Gasteiger charge is 2.08. The molecule has 0 radical (unpaired) electrons. The van der Waals surface area contributed by atoms with Crippen molar-refractivity contribution in [3.8, 4) is 0 Å². The van der Waals surface area contributed by atoms with Gasteiger partial charge in [0.2, 0.25) is 0 Å². The Kier molecular flexibility index (Phi) is 4.05. The molecule has 6 heteroatoms. The van der Waals surface area contributed by atoms with Crippen molar-refractivity contribution in [2.75, 3.05) is 25.6 Å². The fourth-order valence-corrected chi connectivity index (χ4v) is 2.08. The molecule has 106 valence electrons. The zero-order chi connectivity index (χ0) is 14.7. The van der Waals surface area contributed by atoms with Crippen molar-refractivity contribution in [3.63, 3.8) is 0 Å². The van der Waals surface area contributed by atoms with Gasteiger partial charge in [0.25, 0.3) is 5.56 Å². The third-order valence-corrected chi connectivity index (χ3v) is 3.04. The largest absolute Gasteiger partial charge is 0.480 e. The molecule has 0 saturated carbocycles. The van der Waals surface area contributed by atoms with Crippen LogP contribution >= 0.6 is 0 Å². The second-order valence-electron chi connectivity index (χ2n) is 4.51. The molecule has 0 fully saturated rings. The van der Waals surface area contributed by atoms with Gasteiger partial charge in [-0.15, -0.1) is 0 Å². The highest BCUT2D eigenvalue weighted by atomic mass is 16.5. The van der Waals surface area contributed by atoms with E-state index >= 15 is 0 Å². The number of carbonyl (C=O) groups is 1. The minimum atomic E-state index is -0.892. The second-order valence-corrected chi connectivity index (χ2v) is 4.51. The lowest BCUT2D eigenvalue weighted by Crippen LogP contribution is -2.25. The van der Waals surface area contributed by atoms with Gasteiger partial charge in [0, 0.05) is 31.3 Å². The Labute approximate surface area is 115 Å². The van der Waals surface area contributed by atoms with Gasteiger partial charge in [0.1, 0.15) is 13.3 Å². The van der Waals surface area contributed by atoms with E-state index in [1.165, 1.54) is 17.7 Å². The van der Waals surface area contributed by atoms with Gasteiger partial charge in [-0.1, -0.05) is 0 Å². The van der Waals surface area contributed by atoms with Gasteiger partial charge in [-0.2, -0.15) is 0 Å². The predicted molar refractivity (Wildman–Crippen MR) is 76.1 cm³/mol. The van der Waals surface area contributed by atoms with E-state index in [0.29, 0.717) is 0 Å². The quantitative estimate of drug-likeness (QED) is 0.886. The topological polar surface area (TPSA) is 71.8 Å². The van der Waals surface area contributed by atoms with E-state index in [4.69, 9.17) is 9.84 Å². The summed E-state index contributed by atoms with van der Waals surface area (Å²) in [6, 6.07) is 8.63. The van der Waals surface area contributed by atoms with E-state index < -0.39 is 5.97 Å². The van der Waals surface area contributed by atoms with Crippen LogP contribution in [0.3, 0.4) is 0 Å². The molecule has 6 nitrogen and oxygen atoms in total. The molecule has 0 bridgehead atoms. The third-order valence-electron chi connectivity index (χ3n) is 3.04. The molecule has 1 aromatic carbocycles. The van der Waals surface area contributed by atoms with Crippen LogP contribution in [0.25, 0.3) is 10.9 Å². The minimum Gasteiger partial charge on any atom is -0.480 e. The van der Waals surface area contributed by atoms with Crippen LogP contribution in [-0.4, -0.2) is 36.3 Å². The first-order valence-corrected chi connectivity index (χ1v) is 6.08. The van der Waals surface area contributed by atoms with E-state index in [1.54, 1.807) is 30.1 Å². The average Bonchev–Trinajstić information content (AvgIpc) is 2.41. The predicted octanol–water partition coefficient (Wildman–Crippen LogP) is 1.13. The number of aliphatic carboxylic acids is 1. The molecule has 2 aromatic rings. The van der Waals surface area contributed by atoms with Crippen molar-refractivity contribution in [3.05, 3.63) is 40.7 Å². The highest BCUT2D eigenvalue weighted by Crippen LogP contribution is 2.20. The van der Waals surface area contributed by atoms with Crippen LogP contribution in [0.2, 0.25) is 0 Å². The Balaban J connectivity index is 2.48. The Bertz CT molecular complexity index is 693. The summed E-state index contributed by atoms with van der Waals surface area (Å²) in [5, 5.41) is 9.66. The molecule has 0 spiro atoms. The number of anilines is 1. The molecule has 0 saturated heterocycles. The van der Waals surface area contributed by atoms with E-state index in [-0.39, 0.29) is 18.8 Å². The standard InChI is InChI=1S/C14H16N2O4/c1-15(8-14(18)19)11-4-5-12-10(7-11)3-6-13(17)16(12)9-20-2/h3-7H,8-9H2,1-2H3,(H,18,19). The molecule has 0 aliphatic heterocycles. The maximum absolute atomic E-state index is 11.8. The number of pyridine rings is 1. The number of rotatable bonds is 5. The smallest absolute Gasteiger partial charge is 0.323 e. The van der Waals surface area contributed by atoms with Crippen molar-refractivity contribution in [2.24, 2.45) is 0 Å². The Morgan fingerprint density at radius 2 is 2.10 bits per heavy atom. The summed E-state index contributed by atoms with van der Waals surface area (Å²) in [5.74, 6) is -0.892. The number of ether oxygens (including phenoxy) is 1. The normalized spacial score (nSPS) is 10.7. The van der Waals surface area contributed by atoms with Crippen LogP contribution in [0.15, 0.2) is 35.1 Å². The fraction of sp³-hybridized carbons (Fsp3) is 0.286. The first-order valence-electron chi connectivity index (χ1n) is 6.08. The van der Waals surface area contributed by atoms with E-state index in [2.05, 4.69) is 0 Å². The summed E-state index contributed by atoms with van der Waals surface area (Å²) in [7, 11) is 3.24. The van der Waals surface area contributed by atoms with Gasteiger partial charge in [-0.3, -0.25) is 14.2 Å². The molecule has 0 aliphatic carbocycles. The van der Waals surface area contributed by atoms with Gasteiger partial charge in [0.15, 0.2) is 0 Å². The number of methoxy groups -OCH3 is 1. The van der Waals surface area contributed by atoms with Crippen molar-refractivity contribution >= 4 is 22.6 Å². The number of nitrogens with zero attached hydrogens (tertiary/aromatic N) is 2. The SMILES string of the molecule is COCn1c(=O)ccc2cc(N(C)CC(=O)O)ccc21. The second kappa shape index (κ2) is 5.75. The van der Waals surface area contributed by atoms with Crippen LogP contribution in [0.1, 0.15) is 0 Å². The number of aromatic nitrogens is 1. The monoisotopic (exact) mass is 276 g/mol. The van der Waals surface area contributed by atoms with Gasteiger partial charge in [-0.25, -0.2) is 0 Å². The lowest BCUT2D eigenvalue weighted by Gasteiger charge is -2.18. The van der Waals surface area contributed by atoms with Crippen LogP contribution in [0, 0.1) is 0 Å². The molecular weight excluding hydrogens is 260 g/mol. The summed E-state index contributed by atoms with van der Waals surface area (Å²) in [6.07, 6.45) is 0. The van der Waals surface area contributed by atoms with Gasteiger partial charge < -0.3 is 14.7 Å². The fourth-order valence-electron chi connectivity index (χ4n) is 2.08. The lowest BCUT2D eigenvalue weighted by atomic mass is 10.2. The first kappa shape index (κ1) is 14.1. The number of carboxylic acids is 1. The molecule has 0 atom stereocenters. The van der Waals surface area contributed by atoms with Crippen LogP contribution in [-0.2, 0) is 16.3 Å². The van der Waals surface area contributed by atoms with E-state index in [1.807, 2.05) is 6.07 Å². The average molecular weight is 276 g/mol. The third kappa shape index (κ3) is 2.80. The number of likely N-dealkylation sites (N-methyl/N-ethyl adjacent to an activating group) is 1. The van der Waals surface area contributed by atoms with Crippen molar-refractivity contribution in [1.82, 2.24) is 4.57 Å². The molecule has 1 N–H and O–H groups in total. The Morgan fingerprint density at radius 3 is 2.75 bits per heavy atom. The summed E-state index contributed by atoms with van der Waals surface area (Å²) in [4.78, 5) is 24.1. The Morgan fingerprint density at radius 1 is 1.35 bits per heavy atom. The molecule has 0 aliphatic rings. The van der Waals surface area contributed by atoms with Crippen LogP contribution in [0.5, 0.6) is 0 Å².